The third-order valence-electron chi connectivity index (χ3n) is 5.03. The number of methoxy groups -OCH3 is 3. The van der Waals surface area contributed by atoms with Crippen molar-refractivity contribution in [1.29, 1.82) is 0 Å². The molecule has 0 amide bonds. The molecule has 0 bridgehead atoms. The first-order valence-corrected chi connectivity index (χ1v) is 9.28. The van der Waals surface area contributed by atoms with Gasteiger partial charge in [-0.15, -0.1) is 17.0 Å². The molecule has 0 saturated heterocycles. The summed E-state index contributed by atoms with van der Waals surface area (Å²) >= 11 is 3.65. The molecule has 148 valence electrons. The number of benzene rings is 2. The quantitative estimate of drug-likeness (QED) is 0.650. The molecule has 0 fully saturated rings. The van der Waals surface area contributed by atoms with E-state index in [9.17, 15) is 5.11 Å². The Bertz CT molecular complexity index is 813. The van der Waals surface area contributed by atoms with Gasteiger partial charge in [0.15, 0.2) is 23.0 Å². The highest BCUT2D eigenvalue weighted by atomic mass is 79.9. The number of phenolic OH excluding ortho intramolecular Hbond substituents is 1. The van der Waals surface area contributed by atoms with Crippen molar-refractivity contribution in [3.63, 3.8) is 0 Å². The number of hydrogen-bond donors (Lipinski definition) is 1. The molecule has 0 aromatic heterocycles. The van der Waals surface area contributed by atoms with Gasteiger partial charge in [-0.25, -0.2) is 0 Å². The Morgan fingerprint density at radius 2 is 1.67 bits per heavy atom. The average molecular weight is 503 g/mol. The standard InChI is InChI=1S/C20H24BrNO4.BrH/c1-22-6-5-12-8-18(24-2)17(23)10-14(12)16(22)7-13-9-19(25-3)20(26-4)11-15(13)21;/h8-11,16,23H,5-7H2,1-4H3;1H. The van der Waals surface area contributed by atoms with Crippen LogP contribution in [0.25, 0.3) is 0 Å². The van der Waals surface area contributed by atoms with Crippen LogP contribution in [-0.4, -0.2) is 44.9 Å². The Balaban J connectivity index is 0.00000261. The van der Waals surface area contributed by atoms with Gasteiger partial charge in [-0.1, -0.05) is 15.9 Å². The number of nitrogens with zero attached hydrogens (tertiary/aromatic N) is 1. The van der Waals surface area contributed by atoms with Crippen LogP contribution in [0.5, 0.6) is 23.0 Å². The summed E-state index contributed by atoms with van der Waals surface area (Å²) in [5.41, 5.74) is 3.49. The van der Waals surface area contributed by atoms with E-state index < -0.39 is 0 Å². The van der Waals surface area contributed by atoms with Gasteiger partial charge in [-0.05, 0) is 60.8 Å². The first kappa shape index (κ1) is 21.9. The Labute approximate surface area is 179 Å². The second-order valence-corrected chi connectivity index (χ2v) is 7.33. The molecule has 1 N–H and O–H groups in total. The van der Waals surface area contributed by atoms with Gasteiger partial charge in [0.2, 0.25) is 0 Å². The van der Waals surface area contributed by atoms with Crippen molar-refractivity contribution in [2.24, 2.45) is 0 Å². The Hall–Kier alpha value is -1.44. The number of aromatic hydroxyl groups is 1. The minimum Gasteiger partial charge on any atom is -0.504 e. The molecule has 0 spiro atoms. The zero-order chi connectivity index (χ0) is 18.8. The van der Waals surface area contributed by atoms with Crippen molar-refractivity contribution in [3.8, 4) is 23.0 Å². The van der Waals surface area contributed by atoms with Crippen LogP contribution in [0.2, 0.25) is 0 Å². The fourth-order valence-corrected chi connectivity index (χ4v) is 4.02. The number of likely N-dealkylation sites (N-methyl/N-ethyl adjacent to an activating group) is 1. The van der Waals surface area contributed by atoms with E-state index in [4.69, 9.17) is 14.2 Å². The van der Waals surface area contributed by atoms with Crippen LogP contribution in [0.3, 0.4) is 0 Å². The molecule has 5 nitrogen and oxygen atoms in total. The van der Waals surface area contributed by atoms with Gasteiger partial charge in [-0.2, -0.15) is 0 Å². The Morgan fingerprint density at radius 1 is 1.04 bits per heavy atom. The SMILES string of the molecule is Br.COc1cc2c(cc1O)C(Cc1cc(OC)c(OC)cc1Br)N(C)CC2. The molecular formula is C20H25Br2NO4. The molecule has 0 radical (unpaired) electrons. The van der Waals surface area contributed by atoms with Crippen molar-refractivity contribution in [1.82, 2.24) is 4.90 Å². The van der Waals surface area contributed by atoms with E-state index >= 15 is 0 Å². The molecule has 2 aromatic rings. The lowest BCUT2D eigenvalue weighted by Gasteiger charge is -2.35. The summed E-state index contributed by atoms with van der Waals surface area (Å²) in [5.74, 6) is 2.11. The molecule has 3 rings (SSSR count). The van der Waals surface area contributed by atoms with Gasteiger partial charge < -0.3 is 19.3 Å². The summed E-state index contributed by atoms with van der Waals surface area (Å²) in [6.07, 6.45) is 1.72. The van der Waals surface area contributed by atoms with Crippen LogP contribution in [0, 0.1) is 0 Å². The lowest BCUT2D eigenvalue weighted by molar-refractivity contribution is 0.227. The van der Waals surface area contributed by atoms with Crippen LogP contribution < -0.4 is 14.2 Å². The molecule has 2 aromatic carbocycles. The van der Waals surface area contributed by atoms with Crippen molar-refractivity contribution < 1.29 is 19.3 Å². The lowest BCUT2D eigenvalue weighted by atomic mass is 9.88. The molecule has 1 aliphatic rings. The van der Waals surface area contributed by atoms with Gasteiger partial charge in [0.1, 0.15) is 0 Å². The molecule has 0 saturated carbocycles. The van der Waals surface area contributed by atoms with E-state index in [1.165, 1.54) is 5.56 Å². The molecule has 7 heteroatoms. The van der Waals surface area contributed by atoms with Gasteiger partial charge >= 0.3 is 0 Å². The minimum absolute atomic E-state index is 0. The highest BCUT2D eigenvalue weighted by molar-refractivity contribution is 9.10. The minimum atomic E-state index is 0. The largest absolute Gasteiger partial charge is 0.504 e. The van der Waals surface area contributed by atoms with Gasteiger partial charge in [-0.3, -0.25) is 4.90 Å². The summed E-state index contributed by atoms with van der Waals surface area (Å²) in [7, 11) is 6.96. The molecule has 1 unspecified atom stereocenters. The summed E-state index contributed by atoms with van der Waals surface area (Å²) in [6, 6.07) is 7.89. The maximum Gasteiger partial charge on any atom is 0.161 e. The predicted octanol–water partition coefficient (Wildman–Crippen LogP) is 4.53. The van der Waals surface area contributed by atoms with Crippen LogP contribution in [0.15, 0.2) is 28.7 Å². The van der Waals surface area contributed by atoms with Crippen molar-refractivity contribution >= 4 is 32.9 Å². The predicted molar refractivity (Wildman–Crippen MR) is 115 cm³/mol. The average Bonchev–Trinajstić information content (AvgIpc) is 2.64. The number of hydrogen-bond acceptors (Lipinski definition) is 5. The molecular weight excluding hydrogens is 478 g/mol. The maximum atomic E-state index is 10.3. The smallest absolute Gasteiger partial charge is 0.161 e. The summed E-state index contributed by atoms with van der Waals surface area (Å²) < 4.78 is 17.1. The maximum absolute atomic E-state index is 10.3. The van der Waals surface area contributed by atoms with Crippen molar-refractivity contribution in [3.05, 3.63) is 45.4 Å². The summed E-state index contributed by atoms with van der Waals surface area (Å²) in [5, 5.41) is 10.3. The Morgan fingerprint density at radius 3 is 2.30 bits per heavy atom. The number of halogens is 2. The fraction of sp³-hybridized carbons (Fsp3) is 0.400. The zero-order valence-corrected chi connectivity index (χ0v) is 19.2. The van der Waals surface area contributed by atoms with E-state index in [0.717, 1.165) is 35.0 Å². The van der Waals surface area contributed by atoms with E-state index in [1.54, 1.807) is 21.3 Å². The molecule has 1 aliphatic heterocycles. The third kappa shape index (κ3) is 4.36. The van der Waals surface area contributed by atoms with Crippen LogP contribution in [0.4, 0.5) is 0 Å². The molecule has 1 atom stereocenters. The topological polar surface area (TPSA) is 51.2 Å². The van der Waals surface area contributed by atoms with Gasteiger partial charge in [0.05, 0.1) is 21.3 Å². The van der Waals surface area contributed by atoms with Crippen molar-refractivity contribution in [2.45, 2.75) is 18.9 Å². The summed E-state index contributed by atoms with van der Waals surface area (Å²) in [4.78, 5) is 2.32. The van der Waals surface area contributed by atoms with Crippen LogP contribution in [0.1, 0.15) is 22.7 Å². The molecule has 1 heterocycles. The fourth-order valence-electron chi connectivity index (χ4n) is 3.53. The number of ether oxygens (including phenoxy) is 3. The van der Waals surface area contributed by atoms with E-state index in [-0.39, 0.29) is 28.8 Å². The van der Waals surface area contributed by atoms with Gasteiger partial charge in [0.25, 0.3) is 0 Å². The number of phenols is 1. The third-order valence-corrected chi connectivity index (χ3v) is 5.77. The lowest BCUT2D eigenvalue weighted by Crippen LogP contribution is -2.33. The first-order valence-electron chi connectivity index (χ1n) is 8.48. The molecule has 27 heavy (non-hydrogen) atoms. The first-order chi connectivity index (χ1) is 12.5. The van der Waals surface area contributed by atoms with Crippen LogP contribution in [-0.2, 0) is 12.8 Å². The second-order valence-electron chi connectivity index (χ2n) is 6.47. The highest BCUT2D eigenvalue weighted by Gasteiger charge is 2.27. The van der Waals surface area contributed by atoms with Gasteiger partial charge in [0, 0.05) is 17.1 Å². The normalized spacial score (nSPS) is 16.3. The number of fused-ring (bicyclic) bond motifs is 1. The zero-order valence-electron chi connectivity index (χ0n) is 15.9. The molecule has 0 aliphatic carbocycles. The van der Waals surface area contributed by atoms with Crippen molar-refractivity contribution in [2.75, 3.05) is 34.9 Å². The summed E-state index contributed by atoms with van der Waals surface area (Å²) in [6.45, 7) is 0.955. The Kier molecular flexibility index (Phi) is 7.42. The van der Waals surface area contributed by atoms with Crippen LogP contribution >= 0.6 is 32.9 Å². The van der Waals surface area contributed by atoms with E-state index in [1.807, 2.05) is 24.3 Å². The second kappa shape index (κ2) is 9.17. The van der Waals surface area contributed by atoms with E-state index in [2.05, 4.69) is 27.9 Å². The monoisotopic (exact) mass is 501 g/mol. The van der Waals surface area contributed by atoms with E-state index in [0.29, 0.717) is 17.2 Å². The highest BCUT2D eigenvalue weighted by Crippen LogP contribution is 2.41. The number of rotatable bonds is 5.